The molecule has 3 aromatic rings. The van der Waals surface area contributed by atoms with E-state index in [9.17, 15) is 9.59 Å². The number of carbonyl (C=O) groups is 2. The van der Waals surface area contributed by atoms with Crippen molar-refractivity contribution in [1.29, 1.82) is 5.41 Å². The molecule has 0 saturated heterocycles. The minimum absolute atomic E-state index is 0.216. The Bertz CT molecular complexity index is 1000. The third kappa shape index (κ3) is 2.12. The molecule has 0 heterocycles. The van der Waals surface area contributed by atoms with Crippen molar-refractivity contribution in [3.8, 4) is 0 Å². The van der Waals surface area contributed by atoms with Crippen molar-refractivity contribution in [3.05, 3.63) is 77.9 Å². The first-order chi connectivity index (χ1) is 11.7. The maximum absolute atomic E-state index is 12.8. The van der Waals surface area contributed by atoms with Crippen molar-refractivity contribution >= 4 is 33.7 Å². The maximum atomic E-state index is 12.8. The highest BCUT2D eigenvalue weighted by atomic mass is 16.1. The lowest BCUT2D eigenvalue weighted by Crippen LogP contribution is -2.45. The molecule has 2 N–H and O–H groups in total. The molecule has 0 aromatic heterocycles. The molecule has 0 saturated carbocycles. The first-order valence-electron chi connectivity index (χ1n) is 7.67. The Morgan fingerprint density at radius 1 is 0.792 bits per heavy atom. The lowest BCUT2D eigenvalue weighted by atomic mass is 9.84. The lowest BCUT2D eigenvalue weighted by Gasteiger charge is -2.25. The van der Waals surface area contributed by atoms with Crippen LogP contribution in [0, 0.1) is 5.41 Å². The van der Waals surface area contributed by atoms with Gasteiger partial charge in [0.25, 0.3) is 0 Å². The standard InChI is InChI=1S/C20H14N2O2/c21-17-18(20(24)15-10-4-3-9-14(15)19(17)23)22-16-11-5-7-12-6-1-2-8-13(12)16/h1-11,18,21-22H/t18-/m1/s1. The van der Waals surface area contributed by atoms with Gasteiger partial charge in [0.2, 0.25) is 5.78 Å². The Labute approximate surface area is 138 Å². The molecule has 1 aliphatic rings. The van der Waals surface area contributed by atoms with Crippen LogP contribution in [0.3, 0.4) is 0 Å². The molecule has 116 valence electrons. The van der Waals surface area contributed by atoms with Crippen LogP contribution in [0.4, 0.5) is 5.69 Å². The molecule has 1 atom stereocenters. The second-order valence-corrected chi connectivity index (χ2v) is 5.76. The molecule has 4 rings (SSSR count). The highest BCUT2D eigenvalue weighted by Crippen LogP contribution is 2.27. The van der Waals surface area contributed by atoms with E-state index in [4.69, 9.17) is 5.41 Å². The fourth-order valence-corrected chi connectivity index (χ4v) is 3.10. The van der Waals surface area contributed by atoms with Crippen molar-refractivity contribution in [2.24, 2.45) is 0 Å². The van der Waals surface area contributed by atoms with E-state index in [-0.39, 0.29) is 11.5 Å². The zero-order valence-electron chi connectivity index (χ0n) is 12.7. The number of benzene rings is 3. The van der Waals surface area contributed by atoms with Crippen molar-refractivity contribution < 1.29 is 9.59 Å². The van der Waals surface area contributed by atoms with E-state index in [0.717, 1.165) is 16.5 Å². The number of ketones is 2. The van der Waals surface area contributed by atoms with Gasteiger partial charge in [-0.1, -0.05) is 60.7 Å². The summed E-state index contributed by atoms with van der Waals surface area (Å²) in [5.74, 6) is -0.647. The van der Waals surface area contributed by atoms with Crippen LogP contribution in [-0.4, -0.2) is 23.3 Å². The van der Waals surface area contributed by atoms with E-state index in [1.54, 1.807) is 24.3 Å². The van der Waals surface area contributed by atoms with Gasteiger partial charge in [-0.2, -0.15) is 0 Å². The smallest absolute Gasteiger partial charge is 0.209 e. The van der Waals surface area contributed by atoms with Crippen molar-refractivity contribution in [2.45, 2.75) is 6.04 Å². The van der Waals surface area contributed by atoms with Gasteiger partial charge in [-0.05, 0) is 11.5 Å². The van der Waals surface area contributed by atoms with E-state index in [2.05, 4.69) is 5.32 Å². The van der Waals surface area contributed by atoms with Crippen LogP contribution >= 0.6 is 0 Å². The van der Waals surface area contributed by atoms with Gasteiger partial charge >= 0.3 is 0 Å². The van der Waals surface area contributed by atoms with Crippen LogP contribution in [-0.2, 0) is 0 Å². The van der Waals surface area contributed by atoms with Gasteiger partial charge in [-0.3, -0.25) is 15.0 Å². The summed E-state index contributed by atoms with van der Waals surface area (Å²) in [5.41, 5.74) is 1.20. The van der Waals surface area contributed by atoms with Crippen molar-refractivity contribution in [2.75, 3.05) is 5.32 Å². The molecular weight excluding hydrogens is 300 g/mol. The predicted molar refractivity (Wildman–Crippen MR) is 94.2 cm³/mol. The van der Waals surface area contributed by atoms with Gasteiger partial charge in [0.15, 0.2) is 5.78 Å². The number of hydrogen-bond acceptors (Lipinski definition) is 4. The molecule has 0 unspecified atom stereocenters. The van der Waals surface area contributed by atoms with Crippen LogP contribution in [0.25, 0.3) is 10.8 Å². The maximum Gasteiger partial charge on any atom is 0.209 e. The quantitative estimate of drug-likeness (QED) is 0.757. The van der Waals surface area contributed by atoms with E-state index in [1.807, 2.05) is 42.5 Å². The van der Waals surface area contributed by atoms with Crippen LogP contribution < -0.4 is 5.32 Å². The minimum Gasteiger partial charge on any atom is -0.370 e. The summed E-state index contributed by atoms with van der Waals surface area (Å²) in [6.07, 6.45) is 0. The third-order valence-corrected chi connectivity index (χ3v) is 4.32. The molecule has 1 aliphatic carbocycles. The van der Waals surface area contributed by atoms with Crippen LogP contribution in [0.5, 0.6) is 0 Å². The second kappa shape index (κ2) is 5.42. The van der Waals surface area contributed by atoms with E-state index in [1.165, 1.54) is 0 Å². The Balaban J connectivity index is 1.78. The molecule has 0 bridgehead atoms. The molecule has 4 nitrogen and oxygen atoms in total. The van der Waals surface area contributed by atoms with Gasteiger partial charge in [0, 0.05) is 22.2 Å². The molecule has 0 aliphatic heterocycles. The summed E-state index contributed by atoms with van der Waals surface area (Å²) < 4.78 is 0. The molecule has 0 spiro atoms. The third-order valence-electron chi connectivity index (χ3n) is 4.32. The Kier molecular flexibility index (Phi) is 3.24. The molecule has 24 heavy (non-hydrogen) atoms. The Morgan fingerprint density at radius 2 is 1.46 bits per heavy atom. The molecular formula is C20H14N2O2. The SMILES string of the molecule is N=C1C(=O)c2ccccc2C(=O)[C@@H]1Nc1cccc2ccccc12. The first kappa shape index (κ1) is 14.3. The monoisotopic (exact) mass is 314 g/mol. The van der Waals surface area contributed by atoms with Crippen LogP contribution in [0.2, 0.25) is 0 Å². The Morgan fingerprint density at radius 3 is 2.29 bits per heavy atom. The molecule has 0 fully saturated rings. The summed E-state index contributed by atoms with van der Waals surface area (Å²) in [4.78, 5) is 25.2. The number of rotatable bonds is 2. The average molecular weight is 314 g/mol. The summed E-state index contributed by atoms with van der Waals surface area (Å²) >= 11 is 0. The first-order valence-corrected chi connectivity index (χ1v) is 7.67. The normalized spacial score (nSPS) is 17.0. The number of anilines is 1. The molecule has 0 amide bonds. The van der Waals surface area contributed by atoms with Gasteiger partial charge in [-0.15, -0.1) is 0 Å². The van der Waals surface area contributed by atoms with Gasteiger partial charge in [0.05, 0.1) is 0 Å². The van der Waals surface area contributed by atoms with Crippen molar-refractivity contribution in [1.82, 2.24) is 0 Å². The number of carbonyl (C=O) groups excluding carboxylic acids is 2. The fraction of sp³-hybridized carbons (Fsp3) is 0.0500. The highest BCUT2D eigenvalue weighted by Gasteiger charge is 2.37. The lowest BCUT2D eigenvalue weighted by molar-refractivity contribution is 0.0954. The Hall–Kier alpha value is -3.27. The largest absolute Gasteiger partial charge is 0.370 e. The van der Waals surface area contributed by atoms with E-state index >= 15 is 0 Å². The van der Waals surface area contributed by atoms with Gasteiger partial charge in [-0.25, -0.2) is 0 Å². The minimum atomic E-state index is -0.960. The summed E-state index contributed by atoms with van der Waals surface area (Å²) in [6.45, 7) is 0. The zero-order valence-corrected chi connectivity index (χ0v) is 12.7. The molecule has 4 heteroatoms. The fourth-order valence-electron chi connectivity index (χ4n) is 3.10. The van der Waals surface area contributed by atoms with Crippen LogP contribution in [0.1, 0.15) is 20.7 Å². The number of Topliss-reactive ketones (excluding diaryl/α,β-unsaturated/α-hetero) is 2. The molecule has 0 radical (unpaired) electrons. The van der Waals surface area contributed by atoms with Crippen LogP contribution in [0.15, 0.2) is 66.7 Å². The van der Waals surface area contributed by atoms with Crippen molar-refractivity contribution in [3.63, 3.8) is 0 Å². The van der Waals surface area contributed by atoms with E-state index in [0.29, 0.717) is 11.1 Å². The number of hydrogen-bond donors (Lipinski definition) is 2. The summed E-state index contributed by atoms with van der Waals surface area (Å²) in [7, 11) is 0. The topological polar surface area (TPSA) is 70.0 Å². The second-order valence-electron chi connectivity index (χ2n) is 5.76. The highest BCUT2D eigenvalue weighted by molar-refractivity contribution is 6.55. The number of fused-ring (bicyclic) bond motifs is 2. The number of nitrogens with one attached hydrogen (secondary N) is 2. The van der Waals surface area contributed by atoms with Gasteiger partial charge < -0.3 is 5.32 Å². The summed E-state index contributed by atoms with van der Waals surface area (Å²) in [6, 6.07) is 19.2. The molecule has 3 aromatic carbocycles. The van der Waals surface area contributed by atoms with Gasteiger partial charge in [0.1, 0.15) is 11.8 Å². The zero-order chi connectivity index (χ0) is 16.7. The summed E-state index contributed by atoms with van der Waals surface area (Å²) in [5, 5.41) is 13.2. The van der Waals surface area contributed by atoms with E-state index < -0.39 is 11.8 Å². The average Bonchev–Trinajstić information content (AvgIpc) is 2.63. The predicted octanol–water partition coefficient (Wildman–Crippen LogP) is 3.72.